The van der Waals surface area contributed by atoms with Gasteiger partial charge in [-0.2, -0.15) is 0 Å². The van der Waals surface area contributed by atoms with E-state index < -0.39 is 0 Å². The second-order valence-corrected chi connectivity index (χ2v) is 11.3. The smallest absolute Gasteiger partial charge is 0.0790 e. The molecule has 0 fully saturated rings. The summed E-state index contributed by atoms with van der Waals surface area (Å²) in [5.41, 5.74) is 13.3. The van der Waals surface area contributed by atoms with Gasteiger partial charge in [0.15, 0.2) is 0 Å². The van der Waals surface area contributed by atoms with Gasteiger partial charge in [0.1, 0.15) is 0 Å². The monoisotopic (exact) mass is 564 g/mol. The Bertz CT molecular complexity index is 2180. The van der Waals surface area contributed by atoms with E-state index in [9.17, 15) is 0 Å². The molecule has 0 atom stereocenters. The summed E-state index contributed by atoms with van der Waals surface area (Å²) >= 11 is 0. The zero-order chi connectivity index (χ0) is 29.6. The Morgan fingerprint density at radius 3 is 1.18 bits per heavy atom. The summed E-state index contributed by atoms with van der Waals surface area (Å²) in [5, 5.41) is 4.49. The molecule has 0 N–H and O–H groups in total. The second-order valence-electron chi connectivity index (χ2n) is 11.3. The molecular weight excluding hydrogens is 536 g/mol. The molecule has 0 bridgehead atoms. The van der Waals surface area contributed by atoms with Crippen LogP contribution >= 0.6 is 0 Å². The molecule has 0 unspecified atom stereocenters. The van der Waals surface area contributed by atoms with E-state index in [0.717, 1.165) is 55.1 Å². The minimum atomic E-state index is 0.986. The van der Waals surface area contributed by atoms with Crippen molar-refractivity contribution in [3.05, 3.63) is 145 Å². The van der Waals surface area contributed by atoms with E-state index in [1.807, 2.05) is 49.1 Å². The number of aromatic nitrogens is 4. The molecule has 0 amide bonds. The van der Waals surface area contributed by atoms with Gasteiger partial charge in [0.05, 0.1) is 11.0 Å². The van der Waals surface area contributed by atoms with Crippen molar-refractivity contribution in [3.63, 3.8) is 0 Å². The van der Waals surface area contributed by atoms with Crippen LogP contribution in [-0.2, 0) is 0 Å². The third kappa shape index (κ3) is 4.48. The van der Waals surface area contributed by atoms with Crippen LogP contribution in [0.1, 0.15) is 11.4 Å². The maximum atomic E-state index is 5.08. The van der Waals surface area contributed by atoms with Gasteiger partial charge in [-0.1, -0.05) is 60.7 Å². The van der Waals surface area contributed by atoms with Crippen LogP contribution in [0.25, 0.3) is 77.1 Å². The molecule has 0 saturated carbocycles. The predicted octanol–water partition coefficient (Wildman–Crippen LogP) is 10.0. The van der Waals surface area contributed by atoms with Crippen LogP contribution in [0.2, 0.25) is 0 Å². The molecule has 4 aromatic heterocycles. The first-order valence-electron chi connectivity index (χ1n) is 14.8. The van der Waals surface area contributed by atoms with E-state index in [1.54, 1.807) is 0 Å². The normalized spacial score (nSPS) is 11.4. The van der Waals surface area contributed by atoms with Crippen molar-refractivity contribution in [2.75, 3.05) is 0 Å². The summed E-state index contributed by atoms with van der Waals surface area (Å²) in [6.07, 6.45) is 7.35. The highest BCUT2D eigenvalue weighted by Gasteiger charge is 2.15. The zero-order valence-corrected chi connectivity index (χ0v) is 24.5. The Labute approximate surface area is 255 Å². The van der Waals surface area contributed by atoms with Gasteiger partial charge in [-0.05, 0) is 107 Å². The molecule has 4 heterocycles. The van der Waals surface area contributed by atoms with Crippen molar-refractivity contribution in [1.82, 2.24) is 19.9 Å². The third-order valence-corrected chi connectivity index (χ3v) is 8.38. The first-order valence-corrected chi connectivity index (χ1v) is 14.8. The van der Waals surface area contributed by atoms with Crippen LogP contribution in [0.15, 0.2) is 134 Å². The molecule has 0 spiro atoms. The Morgan fingerprint density at radius 2 is 0.750 bits per heavy atom. The number of rotatable bonds is 4. The maximum Gasteiger partial charge on any atom is 0.0790 e. The Balaban J connectivity index is 1.31. The fourth-order valence-corrected chi connectivity index (χ4v) is 6.34. The molecule has 0 aliphatic heterocycles. The van der Waals surface area contributed by atoms with Crippen molar-refractivity contribution in [1.29, 1.82) is 0 Å². The van der Waals surface area contributed by atoms with Crippen molar-refractivity contribution < 1.29 is 0 Å². The Kier molecular flexibility index (Phi) is 6.20. The van der Waals surface area contributed by atoms with E-state index in [4.69, 9.17) is 9.97 Å². The number of hydrogen-bond donors (Lipinski definition) is 0. The summed E-state index contributed by atoms with van der Waals surface area (Å²) in [7, 11) is 0. The van der Waals surface area contributed by atoms with Gasteiger partial charge < -0.3 is 0 Å². The highest BCUT2D eigenvalue weighted by Crippen LogP contribution is 2.39. The van der Waals surface area contributed by atoms with Gasteiger partial charge in [-0.3, -0.25) is 19.9 Å². The topological polar surface area (TPSA) is 51.6 Å². The average Bonchev–Trinajstić information content (AvgIpc) is 3.08. The van der Waals surface area contributed by atoms with Crippen LogP contribution in [0.5, 0.6) is 0 Å². The minimum absolute atomic E-state index is 0.986. The molecule has 44 heavy (non-hydrogen) atoms. The number of nitrogens with zero attached hydrogens (tertiary/aromatic N) is 4. The standard InChI is InChI=1S/C40H28N4/c1-25-21-37(31-7-3-5-29(23-31)27-13-17-41-18-14-27)35-11-10-34-33(39(35)43-25)9-12-36-38(22-26(2)44-40(34)36)32-8-4-6-30(24-32)28-15-19-42-20-16-28/h3-24H,1-2H3. The molecule has 4 nitrogen and oxygen atoms in total. The third-order valence-electron chi connectivity index (χ3n) is 8.38. The van der Waals surface area contributed by atoms with E-state index in [-0.39, 0.29) is 0 Å². The molecule has 8 rings (SSSR count). The molecular formula is C40H28N4. The number of pyridine rings is 4. The van der Waals surface area contributed by atoms with Crippen LogP contribution in [-0.4, -0.2) is 19.9 Å². The quantitative estimate of drug-likeness (QED) is 0.200. The minimum Gasteiger partial charge on any atom is -0.265 e. The van der Waals surface area contributed by atoms with Gasteiger partial charge in [-0.15, -0.1) is 0 Å². The summed E-state index contributed by atoms with van der Waals surface area (Å²) < 4.78 is 0. The molecule has 0 aliphatic carbocycles. The summed E-state index contributed by atoms with van der Waals surface area (Å²) in [6.45, 7) is 4.15. The highest BCUT2D eigenvalue weighted by molar-refractivity contribution is 6.19. The first-order chi connectivity index (χ1) is 21.6. The van der Waals surface area contributed by atoms with Gasteiger partial charge >= 0.3 is 0 Å². The van der Waals surface area contributed by atoms with E-state index in [0.29, 0.717) is 0 Å². The SMILES string of the molecule is Cc1cc(-c2cccc(-c3ccncc3)c2)c2ccc3c(ccc4c(-c5cccc(-c6ccncc6)c5)cc(C)nc43)c2n1. The number of benzene rings is 4. The maximum absolute atomic E-state index is 5.08. The van der Waals surface area contributed by atoms with Gasteiger partial charge in [0, 0.05) is 57.7 Å². The average molecular weight is 565 g/mol. The van der Waals surface area contributed by atoms with Crippen molar-refractivity contribution >= 4 is 32.6 Å². The first kappa shape index (κ1) is 25.9. The summed E-state index contributed by atoms with van der Waals surface area (Å²) in [6, 6.07) is 38.9. The lowest BCUT2D eigenvalue weighted by Gasteiger charge is -2.15. The molecule has 4 aromatic carbocycles. The van der Waals surface area contributed by atoms with Gasteiger partial charge in [0.2, 0.25) is 0 Å². The van der Waals surface area contributed by atoms with Crippen LogP contribution in [0.3, 0.4) is 0 Å². The van der Waals surface area contributed by atoms with Crippen LogP contribution in [0.4, 0.5) is 0 Å². The Hall–Kier alpha value is -5.74. The van der Waals surface area contributed by atoms with Crippen molar-refractivity contribution in [2.45, 2.75) is 13.8 Å². The zero-order valence-electron chi connectivity index (χ0n) is 24.5. The lowest BCUT2D eigenvalue weighted by Crippen LogP contribution is -1.94. The largest absolute Gasteiger partial charge is 0.265 e. The number of aryl methyl sites for hydroxylation is 2. The lowest BCUT2D eigenvalue weighted by molar-refractivity contribution is 1.26. The molecule has 0 aliphatic rings. The fourth-order valence-electron chi connectivity index (χ4n) is 6.34. The van der Waals surface area contributed by atoms with Crippen molar-refractivity contribution in [2.24, 2.45) is 0 Å². The number of fused-ring (bicyclic) bond motifs is 5. The van der Waals surface area contributed by atoms with E-state index in [1.165, 1.54) is 33.4 Å². The lowest BCUT2D eigenvalue weighted by atomic mass is 9.92. The summed E-state index contributed by atoms with van der Waals surface area (Å²) in [5.74, 6) is 0. The van der Waals surface area contributed by atoms with E-state index in [2.05, 4.69) is 109 Å². The van der Waals surface area contributed by atoms with Gasteiger partial charge in [0.25, 0.3) is 0 Å². The fraction of sp³-hybridized carbons (Fsp3) is 0.0500. The molecule has 8 aromatic rings. The van der Waals surface area contributed by atoms with Crippen LogP contribution < -0.4 is 0 Å². The van der Waals surface area contributed by atoms with Crippen LogP contribution in [0, 0.1) is 13.8 Å². The van der Waals surface area contributed by atoms with E-state index >= 15 is 0 Å². The molecule has 0 radical (unpaired) electrons. The molecule has 208 valence electrons. The number of hydrogen-bond acceptors (Lipinski definition) is 4. The second kappa shape index (κ2) is 10.5. The summed E-state index contributed by atoms with van der Waals surface area (Å²) in [4.78, 5) is 18.5. The highest BCUT2D eigenvalue weighted by atomic mass is 14.7. The predicted molar refractivity (Wildman–Crippen MR) is 181 cm³/mol. The van der Waals surface area contributed by atoms with Crippen molar-refractivity contribution in [3.8, 4) is 44.5 Å². The molecule has 0 saturated heterocycles. The Morgan fingerprint density at radius 1 is 0.364 bits per heavy atom. The molecule has 4 heteroatoms. The van der Waals surface area contributed by atoms with Gasteiger partial charge in [-0.25, -0.2) is 0 Å².